The van der Waals surface area contributed by atoms with Gasteiger partial charge in [-0.1, -0.05) is 42.5 Å². The van der Waals surface area contributed by atoms with Crippen LogP contribution >= 0.6 is 0 Å². The van der Waals surface area contributed by atoms with Crippen LogP contribution in [0.25, 0.3) is 22.2 Å². The molecule has 1 saturated carbocycles. The Morgan fingerprint density at radius 1 is 1.00 bits per heavy atom. The van der Waals surface area contributed by atoms with Crippen molar-refractivity contribution in [2.75, 3.05) is 5.32 Å². The minimum atomic E-state index is -0.0306. The van der Waals surface area contributed by atoms with Crippen LogP contribution in [0.5, 0.6) is 0 Å². The Kier molecular flexibility index (Phi) is 4.13. The monoisotopic (exact) mass is 368 g/mol. The number of nitrogens with zero attached hydrogens (tertiary/aromatic N) is 2. The molecule has 0 radical (unpaired) electrons. The largest absolute Gasteiger partial charge is 0.326 e. The van der Waals surface area contributed by atoms with E-state index in [1.807, 2.05) is 42.5 Å². The van der Waals surface area contributed by atoms with Gasteiger partial charge in [-0.25, -0.2) is 4.98 Å². The maximum Gasteiger partial charge on any atom is 0.228 e. The molecular weight excluding hydrogens is 348 g/mol. The lowest BCUT2D eigenvalue weighted by Gasteiger charge is -2.07. The van der Waals surface area contributed by atoms with Crippen molar-refractivity contribution in [1.82, 2.24) is 15.2 Å². The Balaban J connectivity index is 1.25. The van der Waals surface area contributed by atoms with Gasteiger partial charge >= 0.3 is 0 Å². The van der Waals surface area contributed by atoms with Gasteiger partial charge in [0.05, 0.1) is 6.42 Å². The molecule has 0 bridgehead atoms. The number of carbonyl (C=O) groups is 1. The number of aromatic nitrogens is 3. The number of aromatic amines is 1. The van der Waals surface area contributed by atoms with Gasteiger partial charge in [-0.2, -0.15) is 5.10 Å². The molecule has 0 atom stereocenters. The van der Waals surface area contributed by atoms with E-state index in [2.05, 4.69) is 44.8 Å². The summed E-state index contributed by atoms with van der Waals surface area (Å²) in [6, 6.07) is 21.9. The summed E-state index contributed by atoms with van der Waals surface area (Å²) in [5.41, 5.74) is 2.71. The number of amides is 1. The summed E-state index contributed by atoms with van der Waals surface area (Å²) in [5, 5.41) is 12.6. The zero-order valence-corrected chi connectivity index (χ0v) is 15.4. The summed E-state index contributed by atoms with van der Waals surface area (Å²) in [6.07, 6.45) is 2.73. The third kappa shape index (κ3) is 3.51. The molecule has 2 N–H and O–H groups in total. The number of hydrogen-bond acceptors (Lipinski definition) is 3. The maximum absolute atomic E-state index is 12.4. The summed E-state index contributed by atoms with van der Waals surface area (Å²) in [4.78, 5) is 17.0. The van der Waals surface area contributed by atoms with Crippen molar-refractivity contribution in [1.29, 1.82) is 0 Å². The van der Waals surface area contributed by atoms with E-state index in [-0.39, 0.29) is 5.91 Å². The second kappa shape index (κ2) is 6.93. The Bertz CT molecular complexity index is 1140. The first-order chi connectivity index (χ1) is 13.7. The lowest BCUT2D eigenvalue weighted by molar-refractivity contribution is -0.115. The summed E-state index contributed by atoms with van der Waals surface area (Å²) in [6.45, 7) is 0. The van der Waals surface area contributed by atoms with E-state index >= 15 is 0 Å². The normalized spacial score (nSPS) is 13.6. The van der Waals surface area contributed by atoms with E-state index < -0.39 is 0 Å². The molecule has 1 amide bonds. The number of hydrogen-bond donors (Lipinski definition) is 2. The number of nitrogens with one attached hydrogen (secondary N) is 2. The third-order valence-corrected chi connectivity index (χ3v) is 5.07. The summed E-state index contributed by atoms with van der Waals surface area (Å²) < 4.78 is 0. The Morgan fingerprint density at radius 3 is 2.57 bits per heavy atom. The smallest absolute Gasteiger partial charge is 0.228 e. The molecule has 0 saturated heterocycles. The number of fused-ring (bicyclic) bond motifs is 1. The van der Waals surface area contributed by atoms with Crippen molar-refractivity contribution in [3.8, 4) is 11.4 Å². The van der Waals surface area contributed by atoms with Gasteiger partial charge in [-0.05, 0) is 53.4 Å². The lowest BCUT2D eigenvalue weighted by Crippen LogP contribution is -2.14. The molecule has 4 aromatic rings. The third-order valence-electron chi connectivity index (χ3n) is 5.07. The van der Waals surface area contributed by atoms with Gasteiger partial charge in [0.2, 0.25) is 5.91 Å². The first-order valence-electron chi connectivity index (χ1n) is 9.55. The molecule has 1 aliphatic carbocycles. The first kappa shape index (κ1) is 16.7. The fourth-order valence-corrected chi connectivity index (χ4v) is 3.38. The second-order valence-corrected chi connectivity index (χ2v) is 7.30. The van der Waals surface area contributed by atoms with Crippen LogP contribution in [-0.4, -0.2) is 21.1 Å². The number of benzene rings is 3. The minimum Gasteiger partial charge on any atom is -0.326 e. The van der Waals surface area contributed by atoms with Gasteiger partial charge < -0.3 is 5.32 Å². The van der Waals surface area contributed by atoms with Crippen molar-refractivity contribution in [3.63, 3.8) is 0 Å². The molecule has 28 heavy (non-hydrogen) atoms. The summed E-state index contributed by atoms with van der Waals surface area (Å²) in [7, 11) is 0. The van der Waals surface area contributed by atoms with Crippen LogP contribution in [-0.2, 0) is 11.2 Å². The average molecular weight is 368 g/mol. The van der Waals surface area contributed by atoms with E-state index in [0.717, 1.165) is 28.0 Å². The van der Waals surface area contributed by atoms with Crippen LogP contribution in [0.2, 0.25) is 0 Å². The highest BCUT2D eigenvalue weighted by Gasteiger charge is 2.27. The highest BCUT2D eigenvalue weighted by atomic mass is 16.1. The zero-order chi connectivity index (χ0) is 18.9. The predicted octanol–water partition coefficient (Wildman–Crippen LogP) is 4.68. The van der Waals surface area contributed by atoms with Crippen molar-refractivity contribution in [3.05, 3.63) is 78.1 Å². The quantitative estimate of drug-likeness (QED) is 0.537. The van der Waals surface area contributed by atoms with E-state index in [0.29, 0.717) is 18.2 Å². The molecule has 5 nitrogen and oxygen atoms in total. The fourth-order valence-electron chi connectivity index (χ4n) is 3.38. The van der Waals surface area contributed by atoms with Gasteiger partial charge in [-0.3, -0.25) is 9.89 Å². The van der Waals surface area contributed by atoms with E-state index in [1.54, 1.807) is 0 Å². The summed E-state index contributed by atoms with van der Waals surface area (Å²) in [5.74, 6) is 2.20. The minimum absolute atomic E-state index is 0.0306. The van der Waals surface area contributed by atoms with Gasteiger partial charge in [0.25, 0.3) is 0 Å². The van der Waals surface area contributed by atoms with Gasteiger partial charge in [0, 0.05) is 17.2 Å². The topological polar surface area (TPSA) is 70.7 Å². The average Bonchev–Trinajstić information content (AvgIpc) is 3.45. The van der Waals surface area contributed by atoms with E-state index in [1.165, 1.54) is 18.2 Å². The molecule has 0 aliphatic heterocycles. The SMILES string of the molecule is O=C(Cc1ccc2ccccc2c1)Nc1ccc(-c2n[nH]c(C3CC3)n2)cc1. The predicted molar refractivity (Wildman–Crippen MR) is 110 cm³/mol. The summed E-state index contributed by atoms with van der Waals surface area (Å²) >= 11 is 0. The Hall–Kier alpha value is -3.47. The standard InChI is InChI=1S/C23H20N4O/c28-21(14-15-5-6-16-3-1-2-4-19(16)13-15)24-20-11-9-18(10-12-20)23-25-22(26-27-23)17-7-8-17/h1-6,9-13,17H,7-8,14H2,(H,24,28)(H,25,26,27). The lowest BCUT2D eigenvalue weighted by atomic mass is 10.0. The molecule has 0 spiro atoms. The number of carbonyl (C=O) groups excluding carboxylic acids is 1. The van der Waals surface area contributed by atoms with Crippen LogP contribution in [0.4, 0.5) is 5.69 Å². The molecular formula is C23H20N4O. The van der Waals surface area contributed by atoms with E-state index in [4.69, 9.17) is 0 Å². The number of H-pyrrole nitrogens is 1. The Morgan fingerprint density at radius 2 is 1.79 bits per heavy atom. The zero-order valence-electron chi connectivity index (χ0n) is 15.4. The molecule has 138 valence electrons. The van der Waals surface area contributed by atoms with Crippen molar-refractivity contribution in [2.24, 2.45) is 0 Å². The second-order valence-electron chi connectivity index (χ2n) is 7.30. The highest BCUT2D eigenvalue weighted by molar-refractivity contribution is 5.93. The van der Waals surface area contributed by atoms with Crippen molar-refractivity contribution < 1.29 is 4.79 Å². The van der Waals surface area contributed by atoms with Crippen LogP contribution in [0.15, 0.2) is 66.7 Å². The van der Waals surface area contributed by atoms with Crippen molar-refractivity contribution >= 4 is 22.4 Å². The fraction of sp³-hybridized carbons (Fsp3) is 0.174. The van der Waals surface area contributed by atoms with Crippen LogP contribution < -0.4 is 5.32 Å². The molecule has 1 aromatic heterocycles. The molecule has 1 fully saturated rings. The van der Waals surface area contributed by atoms with E-state index in [9.17, 15) is 4.79 Å². The highest BCUT2D eigenvalue weighted by Crippen LogP contribution is 2.38. The molecule has 3 aromatic carbocycles. The number of rotatable bonds is 5. The van der Waals surface area contributed by atoms with Gasteiger partial charge in [0.15, 0.2) is 5.82 Å². The van der Waals surface area contributed by atoms with Crippen LogP contribution in [0.3, 0.4) is 0 Å². The molecule has 1 aliphatic rings. The first-order valence-corrected chi connectivity index (χ1v) is 9.55. The molecule has 5 rings (SSSR count). The van der Waals surface area contributed by atoms with Gasteiger partial charge in [0.1, 0.15) is 5.82 Å². The van der Waals surface area contributed by atoms with Crippen LogP contribution in [0.1, 0.15) is 30.1 Å². The maximum atomic E-state index is 12.4. The Labute approximate surface area is 162 Å². The number of anilines is 1. The molecule has 1 heterocycles. The van der Waals surface area contributed by atoms with Gasteiger partial charge in [-0.15, -0.1) is 0 Å². The van der Waals surface area contributed by atoms with Crippen molar-refractivity contribution in [2.45, 2.75) is 25.2 Å². The molecule has 0 unspecified atom stereocenters. The molecule has 5 heteroatoms. The van der Waals surface area contributed by atoms with Crippen LogP contribution in [0, 0.1) is 0 Å².